The van der Waals surface area contributed by atoms with Crippen molar-refractivity contribution in [3.63, 3.8) is 0 Å². The summed E-state index contributed by atoms with van der Waals surface area (Å²) >= 11 is 0. The maximum Gasteiger partial charge on any atom is 0.242 e. The minimum atomic E-state index is 0.203. The van der Waals surface area contributed by atoms with E-state index in [9.17, 15) is 0 Å². The highest BCUT2D eigenvalue weighted by atomic mass is 16.5. The highest BCUT2D eigenvalue weighted by Crippen LogP contribution is 2.26. The van der Waals surface area contributed by atoms with Crippen LogP contribution in [0.15, 0.2) is 0 Å². The van der Waals surface area contributed by atoms with Gasteiger partial charge in [0.25, 0.3) is 0 Å². The lowest BCUT2D eigenvalue weighted by Crippen LogP contribution is -2.16. The van der Waals surface area contributed by atoms with Crippen LogP contribution in [0, 0.1) is 11.5 Å². The third-order valence-corrected chi connectivity index (χ3v) is 1.36. The van der Waals surface area contributed by atoms with Crippen molar-refractivity contribution in [3.8, 4) is 0 Å². The van der Waals surface area contributed by atoms with Crippen LogP contribution in [-0.4, -0.2) is 7.11 Å². The normalized spacial score (nSPS) is 11.6. The van der Waals surface area contributed by atoms with Gasteiger partial charge in [-0.1, -0.05) is 0 Å². The van der Waals surface area contributed by atoms with Crippen LogP contribution < -0.4 is 0 Å². The van der Waals surface area contributed by atoms with E-state index in [0.29, 0.717) is 0 Å². The largest absolute Gasteiger partial charge is 0.242 e. The summed E-state index contributed by atoms with van der Waals surface area (Å²) in [6, 6.07) is 0. The van der Waals surface area contributed by atoms with E-state index in [1.165, 1.54) is 0 Å². The van der Waals surface area contributed by atoms with Crippen LogP contribution in [0.5, 0.6) is 0 Å². The molecule has 0 unspecified atom stereocenters. The molecule has 0 spiro atoms. The van der Waals surface area contributed by atoms with Crippen LogP contribution in [0.3, 0.4) is 0 Å². The highest BCUT2D eigenvalue weighted by molar-refractivity contribution is 4.85. The zero-order valence-corrected chi connectivity index (χ0v) is 6.41. The van der Waals surface area contributed by atoms with Crippen molar-refractivity contribution >= 4 is 0 Å². The maximum atomic E-state index is 5.03. The Labute approximate surface area is 52.0 Å². The van der Waals surface area contributed by atoms with E-state index < -0.39 is 0 Å². The molecule has 0 saturated heterocycles. The molecular formula is C7H15O+. The second-order valence-electron chi connectivity index (χ2n) is 3.01. The first-order valence-corrected chi connectivity index (χ1v) is 2.86. The Bertz CT molecular complexity index is 61.3. The van der Waals surface area contributed by atoms with Crippen molar-refractivity contribution in [2.24, 2.45) is 5.41 Å². The van der Waals surface area contributed by atoms with Crippen molar-refractivity contribution in [1.29, 1.82) is 0 Å². The molecule has 8 heavy (non-hydrogen) atoms. The first-order valence-electron chi connectivity index (χ1n) is 2.86. The first-order chi connectivity index (χ1) is 3.48. The van der Waals surface area contributed by atoms with E-state index in [1.54, 1.807) is 7.11 Å². The number of hydrogen-bond acceptors (Lipinski definition) is 1. The third-order valence-electron chi connectivity index (χ3n) is 1.36. The number of ether oxygens (including phenoxy) is 1. The quantitative estimate of drug-likeness (QED) is 0.476. The zero-order valence-electron chi connectivity index (χ0n) is 6.41. The molecule has 0 saturated carbocycles. The molecule has 0 aliphatic carbocycles. The van der Waals surface area contributed by atoms with Crippen molar-refractivity contribution in [2.45, 2.75) is 27.7 Å². The molecule has 0 aliphatic rings. The molecule has 0 aromatic carbocycles. The van der Waals surface area contributed by atoms with Gasteiger partial charge >= 0.3 is 0 Å². The van der Waals surface area contributed by atoms with Gasteiger partial charge in [0.1, 0.15) is 12.3 Å². The summed E-state index contributed by atoms with van der Waals surface area (Å²) in [5, 5.41) is 0. The van der Waals surface area contributed by atoms with Crippen molar-refractivity contribution in [3.05, 3.63) is 6.10 Å². The van der Waals surface area contributed by atoms with E-state index in [2.05, 4.69) is 20.8 Å². The molecule has 0 heterocycles. The van der Waals surface area contributed by atoms with Crippen LogP contribution in [0.1, 0.15) is 27.7 Å². The maximum absolute atomic E-state index is 5.03. The van der Waals surface area contributed by atoms with Gasteiger partial charge in [0, 0.05) is 0 Å². The minimum Gasteiger partial charge on any atom is -0.197 e. The van der Waals surface area contributed by atoms with Gasteiger partial charge in [-0.15, -0.1) is 0 Å². The molecule has 0 amide bonds. The second kappa shape index (κ2) is 2.40. The van der Waals surface area contributed by atoms with Crippen LogP contribution in [-0.2, 0) is 4.74 Å². The third kappa shape index (κ3) is 2.22. The molecule has 0 rings (SSSR count). The topological polar surface area (TPSA) is 9.23 Å². The van der Waals surface area contributed by atoms with E-state index in [4.69, 9.17) is 4.74 Å². The Balaban J connectivity index is 3.62. The second-order valence-corrected chi connectivity index (χ2v) is 3.01. The molecule has 1 nitrogen and oxygen atoms in total. The Hall–Kier alpha value is -0.170. The fraction of sp³-hybridized carbons (Fsp3) is 0.857. The first kappa shape index (κ1) is 7.83. The molecule has 0 bridgehead atoms. The highest BCUT2D eigenvalue weighted by Gasteiger charge is 2.31. The van der Waals surface area contributed by atoms with Crippen LogP contribution in [0.25, 0.3) is 0 Å². The van der Waals surface area contributed by atoms with Gasteiger partial charge in [0.05, 0.1) is 7.11 Å². The smallest absolute Gasteiger partial charge is 0.197 e. The fourth-order valence-electron chi connectivity index (χ4n) is 0.306. The lowest BCUT2D eigenvalue weighted by atomic mass is 9.90. The van der Waals surface area contributed by atoms with Gasteiger partial charge in [0.2, 0.25) is 6.10 Å². The Morgan fingerprint density at radius 3 is 1.62 bits per heavy atom. The van der Waals surface area contributed by atoms with Crippen LogP contribution >= 0.6 is 0 Å². The molecule has 0 aliphatic heterocycles. The molecule has 0 fully saturated rings. The Morgan fingerprint density at radius 2 is 1.62 bits per heavy atom. The fourth-order valence-corrected chi connectivity index (χ4v) is 0.306. The average Bonchev–Trinajstić information content (AvgIpc) is 1.62. The molecule has 0 radical (unpaired) electrons. The molecule has 0 N–H and O–H groups in total. The van der Waals surface area contributed by atoms with Crippen molar-refractivity contribution in [1.82, 2.24) is 0 Å². The van der Waals surface area contributed by atoms with Crippen molar-refractivity contribution < 1.29 is 4.74 Å². The summed E-state index contributed by atoms with van der Waals surface area (Å²) in [6.07, 6.45) is 1.08. The standard InChI is InChI=1S/C7H15O/c1-6(8-5)7(2,3)4/h1-5H3/q+1. The summed E-state index contributed by atoms with van der Waals surface area (Å²) in [5.74, 6) is 0. The lowest BCUT2D eigenvalue weighted by molar-refractivity contribution is 0.128. The summed E-state index contributed by atoms with van der Waals surface area (Å²) in [6.45, 7) is 8.39. The van der Waals surface area contributed by atoms with Gasteiger partial charge in [-0.25, -0.2) is 0 Å². The van der Waals surface area contributed by atoms with Gasteiger partial charge in [-0.05, 0) is 20.8 Å². The predicted molar refractivity (Wildman–Crippen MR) is 35.4 cm³/mol. The summed E-state index contributed by atoms with van der Waals surface area (Å²) in [5.41, 5.74) is 0.203. The zero-order chi connectivity index (χ0) is 6.78. The number of rotatable bonds is 1. The number of methoxy groups -OCH3 is 1. The molecule has 1 heteroatoms. The Kier molecular flexibility index (Phi) is 2.35. The average molecular weight is 115 g/mol. The molecule has 0 atom stereocenters. The van der Waals surface area contributed by atoms with Gasteiger partial charge < -0.3 is 0 Å². The lowest BCUT2D eigenvalue weighted by Gasteiger charge is -2.11. The van der Waals surface area contributed by atoms with Crippen LogP contribution in [0.2, 0.25) is 0 Å². The van der Waals surface area contributed by atoms with Gasteiger partial charge in [-0.3, -0.25) is 0 Å². The summed E-state index contributed by atoms with van der Waals surface area (Å²) in [7, 11) is 1.71. The van der Waals surface area contributed by atoms with Crippen LogP contribution in [0.4, 0.5) is 0 Å². The van der Waals surface area contributed by atoms with E-state index in [1.807, 2.05) is 6.92 Å². The van der Waals surface area contributed by atoms with E-state index >= 15 is 0 Å². The van der Waals surface area contributed by atoms with E-state index in [0.717, 1.165) is 6.10 Å². The molecule has 0 aromatic rings. The summed E-state index contributed by atoms with van der Waals surface area (Å²) in [4.78, 5) is 0. The summed E-state index contributed by atoms with van der Waals surface area (Å²) < 4.78 is 5.03. The van der Waals surface area contributed by atoms with Crippen molar-refractivity contribution in [2.75, 3.05) is 7.11 Å². The molecular weight excluding hydrogens is 100 g/mol. The van der Waals surface area contributed by atoms with E-state index in [-0.39, 0.29) is 5.41 Å². The monoisotopic (exact) mass is 115 g/mol. The number of hydrogen-bond donors (Lipinski definition) is 0. The SMILES string of the molecule is CO[C+](C)C(C)(C)C. The minimum absolute atomic E-state index is 0.203. The predicted octanol–water partition coefficient (Wildman–Crippen LogP) is 2.23. The Morgan fingerprint density at radius 1 is 1.25 bits per heavy atom. The van der Waals surface area contributed by atoms with Gasteiger partial charge in [0.15, 0.2) is 0 Å². The molecule has 0 aromatic heterocycles. The molecule has 48 valence electrons. The van der Waals surface area contributed by atoms with Gasteiger partial charge in [-0.2, -0.15) is 4.74 Å².